The van der Waals surface area contributed by atoms with E-state index in [0.29, 0.717) is 12.2 Å². The molecule has 0 unspecified atom stereocenters. The summed E-state index contributed by atoms with van der Waals surface area (Å²) in [5.74, 6) is -0.389. The quantitative estimate of drug-likeness (QED) is 0.383. The van der Waals surface area contributed by atoms with Crippen molar-refractivity contribution in [2.24, 2.45) is 0 Å². The van der Waals surface area contributed by atoms with Crippen molar-refractivity contribution in [2.45, 2.75) is 20.8 Å². The second-order valence-electron chi connectivity index (χ2n) is 6.04. The molecule has 0 aliphatic rings. The first-order chi connectivity index (χ1) is 12.9. The molecule has 0 bridgehead atoms. The topological polar surface area (TPSA) is 87.3 Å². The number of carbonyl (C=O) groups is 1. The first kappa shape index (κ1) is 18.3. The van der Waals surface area contributed by atoms with E-state index in [1.165, 1.54) is 12.1 Å². The monoisotopic (exact) mass is 365 g/mol. The zero-order valence-electron chi connectivity index (χ0n) is 15.3. The van der Waals surface area contributed by atoms with E-state index in [-0.39, 0.29) is 11.7 Å². The highest BCUT2D eigenvalue weighted by Gasteiger charge is 2.17. The third kappa shape index (κ3) is 3.57. The van der Waals surface area contributed by atoms with Crippen LogP contribution in [0.4, 0.5) is 5.69 Å². The highest BCUT2D eigenvalue weighted by Crippen LogP contribution is 2.31. The molecule has 0 atom stereocenters. The van der Waals surface area contributed by atoms with Gasteiger partial charge in [0.1, 0.15) is 0 Å². The lowest BCUT2D eigenvalue weighted by molar-refractivity contribution is -0.384. The number of benzene rings is 2. The molecule has 7 heteroatoms. The molecule has 3 aromatic rings. The maximum Gasteiger partial charge on any atom is 0.338 e. The molecule has 0 saturated carbocycles. The summed E-state index contributed by atoms with van der Waals surface area (Å²) in [4.78, 5) is 22.7. The number of carbonyl (C=O) groups excluding carboxylic acids is 1. The molecule has 0 N–H and O–H groups in total. The molecule has 0 spiro atoms. The fourth-order valence-electron chi connectivity index (χ4n) is 3.07. The zero-order valence-corrected chi connectivity index (χ0v) is 15.3. The summed E-state index contributed by atoms with van der Waals surface area (Å²) in [5.41, 5.74) is 4.33. The normalized spacial score (nSPS) is 10.6. The Morgan fingerprint density at radius 2 is 1.93 bits per heavy atom. The van der Waals surface area contributed by atoms with Crippen LogP contribution >= 0.6 is 0 Å². The van der Waals surface area contributed by atoms with Crippen molar-refractivity contribution in [2.75, 3.05) is 6.61 Å². The number of hydrogen-bond acceptors (Lipinski definition) is 5. The van der Waals surface area contributed by atoms with Gasteiger partial charge in [-0.25, -0.2) is 9.48 Å². The summed E-state index contributed by atoms with van der Waals surface area (Å²) >= 11 is 0. The molecular formula is C20H19N3O4. The summed E-state index contributed by atoms with van der Waals surface area (Å²) in [6.45, 7) is 5.81. The lowest BCUT2D eigenvalue weighted by Gasteiger charge is -2.08. The number of non-ortho nitro benzene ring substituents is 1. The summed E-state index contributed by atoms with van der Waals surface area (Å²) in [6, 6.07) is 13.5. The van der Waals surface area contributed by atoms with Gasteiger partial charge in [0.25, 0.3) is 5.69 Å². The number of ether oxygens (including phenoxy) is 1. The molecule has 1 heterocycles. The summed E-state index contributed by atoms with van der Waals surface area (Å²) in [6.07, 6.45) is 0. The van der Waals surface area contributed by atoms with E-state index >= 15 is 0 Å². The van der Waals surface area contributed by atoms with Gasteiger partial charge < -0.3 is 4.74 Å². The van der Waals surface area contributed by atoms with Gasteiger partial charge in [0.15, 0.2) is 0 Å². The number of hydrogen-bond donors (Lipinski definition) is 0. The van der Waals surface area contributed by atoms with Crippen molar-refractivity contribution in [3.63, 3.8) is 0 Å². The predicted molar refractivity (Wildman–Crippen MR) is 101 cm³/mol. The minimum atomic E-state index is -0.415. The molecule has 2 aromatic carbocycles. The Morgan fingerprint density at radius 3 is 2.63 bits per heavy atom. The van der Waals surface area contributed by atoms with Gasteiger partial charge in [-0.05, 0) is 44.5 Å². The number of nitro benzene ring substituents is 1. The van der Waals surface area contributed by atoms with Crippen LogP contribution in [0.15, 0.2) is 48.5 Å². The standard InChI is InChI=1S/C20H19N3O4/c1-4-27-20(24)16-8-6-9-17(12-16)22-14(3)19(13(2)21-22)15-7-5-10-18(11-15)23(25)26/h5-12H,4H2,1-3H3. The van der Waals surface area contributed by atoms with Crippen molar-refractivity contribution >= 4 is 11.7 Å². The van der Waals surface area contributed by atoms with E-state index in [0.717, 1.165) is 28.2 Å². The van der Waals surface area contributed by atoms with E-state index in [9.17, 15) is 14.9 Å². The fraction of sp³-hybridized carbons (Fsp3) is 0.200. The van der Waals surface area contributed by atoms with E-state index in [4.69, 9.17) is 4.74 Å². The van der Waals surface area contributed by atoms with Crippen LogP contribution in [0.1, 0.15) is 28.7 Å². The Labute approximate surface area is 156 Å². The van der Waals surface area contributed by atoms with Crippen molar-refractivity contribution < 1.29 is 14.5 Å². The van der Waals surface area contributed by atoms with Gasteiger partial charge in [-0.1, -0.05) is 18.2 Å². The number of nitro groups is 1. The average molecular weight is 365 g/mol. The molecule has 0 saturated heterocycles. The van der Waals surface area contributed by atoms with Crippen LogP contribution in [0.3, 0.4) is 0 Å². The van der Waals surface area contributed by atoms with Gasteiger partial charge in [0, 0.05) is 23.4 Å². The SMILES string of the molecule is CCOC(=O)c1cccc(-n2nc(C)c(-c3cccc([N+](=O)[O-])c3)c2C)c1. The second-order valence-corrected chi connectivity index (χ2v) is 6.04. The number of nitrogens with zero attached hydrogens (tertiary/aromatic N) is 3. The van der Waals surface area contributed by atoms with Crippen molar-refractivity contribution in [3.05, 3.63) is 75.6 Å². The number of aromatic nitrogens is 2. The highest BCUT2D eigenvalue weighted by atomic mass is 16.6. The Kier molecular flexibility index (Phi) is 5.03. The molecule has 0 amide bonds. The maximum atomic E-state index is 12.0. The van der Waals surface area contributed by atoms with Gasteiger partial charge in [0.05, 0.1) is 28.5 Å². The molecule has 7 nitrogen and oxygen atoms in total. The van der Waals surface area contributed by atoms with Crippen molar-refractivity contribution in [1.29, 1.82) is 0 Å². The molecule has 27 heavy (non-hydrogen) atoms. The second kappa shape index (κ2) is 7.41. The molecule has 0 aliphatic carbocycles. The minimum Gasteiger partial charge on any atom is -0.462 e. The van der Waals surface area contributed by atoms with Crippen LogP contribution in [-0.2, 0) is 4.74 Å². The van der Waals surface area contributed by atoms with Crippen LogP contribution in [-0.4, -0.2) is 27.3 Å². The van der Waals surface area contributed by atoms with E-state index in [1.807, 2.05) is 26.0 Å². The molecule has 0 fully saturated rings. The Bertz CT molecular complexity index is 1020. The largest absolute Gasteiger partial charge is 0.462 e. The Balaban J connectivity index is 2.07. The third-order valence-corrected chi connectivity index (χ3v) is 4.24. The van der Waals surface area contributed by atoms with Gasteiger partial charge in [-0.2, -0.15) is 5.10 Å². The Hall–Kier alpha value is -3.48. The van der Waals surface area contributed by atoms with Crippen LogP contribution in [0, 0.1) is 24.0 Å². The summed E-state index contributed by atoms with van der Waals surface area (Å²) in [7, 11) is 0. The maximum absolute atomic E-state index is 12.0. The van der Waals surface area contributed by atoms with Gasteiger partial charge >= 0.3 is 5.97 Å². The number of esters is 1. The first-order valence-electron chi connectivity index (χ1n) is 8.51. The van der Waals surface area contributed by atoms with Crippen LogP contribution in [0.2, 0.25) is 0 Å². The van der Waals surface area contributed by atoms with Crippen LogP contribution in [0.5, 0.6) is 0 Å². The minimum absolute atomic E-state index is 0.0309. The lowest BCUT2D eigenvalue weighted by atomic mass is 10.0. The number of aryl methyl sites for hydroxylation is 1. The summed E-state index contributed by atoms with van der Waals surface area (Å²) in [5, 5.41) is 15.6. The smallest absolute Gasteiger partial charge is 0.338 e. The van der Waals surface area contributed by atoms with Gasteiger partial charge in [0.2, 0.25) is 0 Å². The van der Waals surface area contributed by atoms with E-state index in [1.54, 1.807) is 35.9 Å². The predicted octanol–water partition coefficient (Wildman–Crippen LogP) is 4.24. The first-order valence-corrected chi connectivity index (χ1v) is 8.51. The zero-order chi connectivity index (χ0) is 19.6. The summed E-state index contributed by atoms with van der Waals surface area (Å²) < 4.78 is 6.78. The van der Waals surface area contributed by atoms with Crippen molar-refractivity contribution in [1.82, 2.24) is 9.78 Å². The van der Waals surface area contributed by atoms with Gasteiger partial charge in [-0.3, -0.25) is 10.1 Å². The van der Waals surface area contributed by atoms with Gasteiger partial charge in [-0.15, -0.1) is 0 Å². The molecular weight excluding hydrogens is 346 g/mol. The molecule has 138 valence electrons. The van der Waals surface area contributed by atoms with E-state index in [2.05, 4.69) is 5.10 Å². The lowest BCUT2D eigenvalue weighted by Crippen LogP contribution is -2.06. The third-order valence-electron chi connectivity index (χ3n) is 4.24. The number of rotatable bonds is 5. The van der Waals surface area contributed by atoms with Crippen molar-refractivity contribution in [3.8, 4) is 16.8 Å². The molecule has 3 rings (SSSR count). The molecule has 1 aromatic heterocycles. The van der Waals surface area contributed by atoms with Crippen LogP contribution < -0.4 is 0 Å². The Morgan fingerprint density at radius 1 is 1.19 bits per heavy atom. The average Bonchev–Trinajstić information content (AvgIpc) is 2.96. The van der Waals surface area contributed by atoms with Crippen LogP contribution in [0.25, 0.3) is 16.8 Å². The molecule has 0 radical (unpaired) electrons. The molecule has 0 aliphatic heterocycles. The highest BCUT2D eigenvalue weighted by molar-refractivity contribution is 5.90. The fourth-order valence-corrected chi connectivity index (χ4v) is 3.07. The van der Waals surface area contributed by atoms with E-state index < -0.39 is 4.92 Å².